The Morgan fingerprint density at radius 3 is 2.19 bits per heavy atom. The van der Waals surface area contributed by atoms with Crippen LogP contribution in [-0.4, -0.2) is 23.1 Å². The highest BCUT2D eigenvalue weighted by molar-refractivity contribution is 6.40. The van der Waals surface area contributed by atoms with Gasteiger partial charge in [0.15, 0.2) is 5.82 Å². The van der Waals surface area contributed by atoms with Gasteiger partial charge in [0.2, 0.25) is 0 Å². The Hall–Kier alpha value is -2.40. The molecular weight excluding hydrogens is 419 g/mol. The van der Waals surface area contributed by atoms with Gasteiger partial charge in [0.1, 0.15) is 0 Å². The van der Waals surface area contributed by atoms with E-state index in [9.17, 15) is 32.4 Å². The molecule has 12 heteroatoms. The maximum Gasteiger partial charge on any atom is 0.454 e. The average molecular weight is 426 g/mol. The zero-order valence-electron chi connectivity index (χ0n) is 12.8. The molecule has 0 aliphatic heterocycles. The van der Waals surface area contributed by atoms with E-state index in [1.807, 2.05) is 0 Å². The van der Waals surface area contributed by atoms with Crippen molar-refractivity contribution < 1.29 is 32.4 Å². The molecule has 2 aromatic rings. The van der Waals surface area contributed by atoms with Crippen LogP contribution >= 0.6 is 23.2 Å². The van der Waals surface area contributed by atoms with Crippen LogP contribution in [0.3, 0.4) is 0 Å². The van der Waals surface area contributed by atoms with Crippen LogP contribution in [0.2, 0.25) is 10.0 Å². The van der Waals surface area contributed by atoms with Gasteiger partial charge in [-0.25, -0.2) is 4.39 Å². The van der Waals surface area contributed by atoms with Crippen LogP contribution in [0.25, 0.3) is 0 Å². The van der Waals surface area contributed by atoms with Gasteiger partial charge in [0.25, 0.3) is 11.7 Å². The summed E-state index contributed by atoms with van der Waals surface area (Å²) in [6, 6.07) is 4.25. The summed E-state index contributed by atoms with van der Waals surface area (Å²) in [6.45, 7) is 0. The van der Waals surface area contributed by atoms with Crippen molar-refractivity contribution in [1.29, 1.82) is 0 Å². The molecule has 0 heterocycles. The first-order chi connectivity index (χ1) is 12.4. The van der Waals surface area contributed by atoms with Crippen molar-refractivity contribution in [2.24, 2.45) is 0 Å². The summed E-state index contributed by atoms with van der Waals surface area (Å²) < 4.78 is 51.5. The molecule has 0 atom stereocenters. The van der Waals surface area contributed by atoms with Gasteiger partial charge in [-0.15, -0.1) is 0 Å². The lowest BCUT2D eigenvalue weighted by atomic mass is 10.1. The van der Waals surface area contributed by atoms with E-state index in [0.29, 0.717) is 12.1 Å². The number of ketones is 1. The monoisotopic (exact) mass is 425 g/mol. The SMILES string of the molecule is O=C(Nc1c(Cl)cc(C(=O)C(F)(F)F)cc1Cl)c1cccc(N([O-])O)c1F. The molecule has 2 aromatic carbocycles. The van der Waals surface area contributed by atoms with Gasteiger partial charge in [-0.05, 0) is 24.3 Å². The number of Topliss-reactive ketones (excluding diaryl/α,β-unsaturated/α-hetero) is 1. The van der Waals surface area contributed by atoms with Crippen molar-refractivity contribution in [3.8, 4) is 0 Å². The van der Waals surface area contributed by atoms with E-state index in [1.54, 1.807) is 0 Å². The number of carbonyl (C=O) groups excluding carboxylic acids is 2. The largest absolute Gasteiger partial charge is 0.733 e. The van der Waals surface area contributed by atoms with Crippen LogP contribution in [0.4, 0.5) is 28.9 Å². The zero-order chi connectivity index (χ0) is 20.5. The minimum Gasteiger partial charge on any atom is -0.733 e. The summed E-state index contributed by atoms with van der Waals surface area (Å²) in [7, 11) is 0. The van der Waals surface area contributed by atoms with E-state index in [-0.39, 0.29) is 5.69 Å². The first-order valence-corrected chi connectivity index (χ1v) is 7.55. The van der Waals surface area contributed by atoms with E-state index in [4.69, 9.17) is 28.4 Å². The topological polar surface area (TPSA) is 92.7 Å². The molecule has 0 spiro atoms. The van der Waals surface area contributed by atoms with Crippen molar-refractivity contribution in [3.05, 3.63) is 62.5 Å². The van der Waals surface area contributed by atoms with Crippen LogP contribution in [0.5, 0.6) is 0 Å². The third-order valence-corrected chi connectivity index (χ3v) is 3.83. The van der Waals surface area contributed by atoms with Crippen molar-refractivity contribution in [3.63, 3.8) is 0 Å². The Morgan fingerprint density at radius 1 is 1.15 bits per heavy atom. The van der Waals surface area contributed by atoms with Crippen LogP contribution in [0.1, 0.15) is 20.7 Å². The number of amides is 1. The van der Waals surface area contributed by atoms with E-state index < -0.39 is 55.8 Å². The van der Waals surface area contributed by atoms with Gasteiger partial charge in [0, 0.05) is 5.56 Å². The number of nitrogens with one attached hydrogen (secondary N) is 1. The molecule has 0 aliphatic carbocycles. The Balaban J connectivity index is 2.37. The van der Waals surface area contributed by atoms with Gasteiger partial charge in [-0.2, -0.15) is 13.2 Å². The van der Waals surface area contributed by atoms with Gasteiger partial charge < -0.3 is 15.8 Å². The van der Waals surface area contributed by atoms with Gasteiger partial charge >= 0.3 is 6.18 Å². The molecule has 6 nitrogen and oxygen atoms in total. The number of anilines is 2. The molecule has 0 aliphatic rings. The highest BCUT2D eigenvalue weighted by Crippen LogP contribution is 2.34. The van der Waals surface area contributed by atoms with Gasteiger partial charge in [-0.3, -0.25) is 14.8 Å². The number of alkyl halides is 3. The molecule has 0 unspecified atom stereocenters. The molecule has 2 N–H and O–H groups in total. The summed E-state index contributed by atoms with van der Waals surface area (Å²) in [6.07, 6.45) is -5.16. The molecule has 27 heavy (non-hydrogen) atoms. The van der Waals surface area contributed by atoms with E-state index in [1.165, 1.54) is 0 Å². The summed E-state index contributed by atoms with van der Waals surface area (Å²) >= 11 is 11.5. The van der Waals surface area contributed by atoms with E-state index in [2.05, 4.69) is 5.32 Å². The fourth-order valence-corrected chi connectivity index (χ4v) is 2.59. The molecular formula is C15H7Cl2F4N2O4-. The zero-order valence-corrected chi connectivity index (χ0v) is 14.3. The summed E-state index contributed by atoms with van der Waals surface area (Å²) in [4.78, 5) is 23.4. The van der Waals surface area contributed by atoms with Crippen molar-refractivity contribution in [2.75, 3.05) is 10.5 Å². The molecule has 0 saturated carbocycles. The highest BCUT2D eigenvalue weighted by atomic mass is 35.5. The normalized spacial score (nSPS) is 11.3. The molecule has 0 fully saturated rings. The van der Waals surface area contributed by atoms with Crippen molar-refractivity contribution >= 4 is 46.3 Å². The second-order valence-corrected chi connectivity index (χ2v) is 5.82. The minimum atomic E-state index is -5.16. The second kappa shape index (κ2) is 7.69. The molecule has 0 aromatic heterocycles. The number of hydrogen-bond donors (Lipinski definition) is 2. The summed E-state index contributed by atoms with van der Waals surface area (Å²) in [5.41, 5.74) is -2.75. The van der Waals surface area contributed by atoms with Gasteiger partial charge in [-0.1, -0.05) is 29.3 Å². The van der Waals surface area contributed by atoms with E-state index in [0.717, 1.165) is 18.2 Å². The Bertz CT molecular complexity index is 896. The average Bonchev–Trinajstić information content (AvgIpc) is 2.56. The smallest absolute Gasteiger partial charge is 0.454 e. The molecule has 2 rings (SSSR count). The standard InChI is InChI=1S/C15H7Cl2F4N2O4/c16-8-4-6(13(24)15(19,20)21)5-9(17)12(8)22-14(25)7-2-1-3-10(11(7)18)23(26)27/h1-5,26H,(H,22,25)/q-1. The molecule has 0 radical (unpaired) electrons. The first-order valence-electron chi connectivity index (χ1n) is 6.80. The Labute approximate surface area is 158 Å². The number of hydrogen-bond acceptors (Lipinski definition) is 5. The minimum absolute atomic E-state index is 0.380. The fourth-order valence-electron chi connectivity index (χ4n) is 2.01. The lowest BCUT2D eigenvalue weighted by Gasteiger charge is -2.22. The quantitative estimate of drug-likeness (QED) is 0.416. The predicted molar refractivity (Wildman–Crippen MR) is 88.8 cm³/mol. The summed E-state index contributed by atoms with van der Waals surface area (Å²) in [5, 5.41) is 19.9. The predicted octanol–water partition coefficient (Wildman–Crippen LogP) is 4.82. The number of halogens is 6. The van der Waals surface area contributed by atoms with Crippen LogP contribution < -0.4 is 10.5 Å². The number of carbonyl (C=O) groups is 2. The maximum atomic E-state index is 14.1. The summed E-state index contributed by atoms with van der Waals surface area (Å²) in [5.74, 6) is -4.71. The fraction of sp³-hybridized carbons (Fsp3) is 0.0667. The van der Waals surface area contributed by atoms with Crippen LogP contribution in [-0.2, 0) is 0 Å². The van der Waals surface area contributed by atoms with Crippen molar-refractivity contribution in [2.45, 2.75) is 6.18 Å². The Kier molecular flexibility index (Phi) is 5.95. The van der Waals surface area contributed by atoms with Crippen LogP contribution in [0.15, 0.2) is 30.3 Å². The third kappa shape index (κ3) is 4.48. The highest BCUT2D eigenvalue weighted by Gasteiger charge is 2.39. The van der Waals surface area contributed by atoms with E-state index >= 15 is 0 Å². The molecule has 0 bridgehead atoms. The number of benzene rings is 2. The lowest BCUT2D eigenvalue weighted by Crippen LogP contribution is -2.23. The van der Waals surface area contributed by atoms with Crippen LogP contribution in [0, 0.1) is 11.0 Å². The maximum absolute atomic E-state index is 14.1. The first kappa shape index (κ1) is 20.9. The number of nitrogens with zero attached hydrogens (tertiary/aromatic N) is 1. The second-order valence-electron chi connectivity index (χ2n) is 5.01. The van der Waals surface area contributed by atoms with Gasteiger partial charge in [0.05, 0.1) is 27.0 Å². The number of rotatable bonds is 4. The molecule has 144 valence electrons. The van der Waals surface area contributed by atoms with Crippen molar-refractivity contribution in [1.82, 2.24) is 0 Å². The Morgan fingerprint density at radius 2 is 1.70 bits per heavy atom. The molecule has 1 amide bonds. The lowest BCUT2D eigenvalue weighted by molar-refractivity contribution is -0.0885. The third-order valence-electron chi connectivity index (χ3n) is 3.23. The molecule has 0 saturated heterocycles.